The molecule has 5 nitrogen and oxygen atoms in total. The van der Waals surface area contributed by atoms with E-state index < -0.39 is 6.10 Å². The van der Waals surface area contributed by atoms with E-state index in [4.69, 9.17) is 4.74 Å². The first-order valence-electron chi connectivity index (χ1n) is 8.31. The van der Waals surface area contributed by atoms with Gasteiger partial charge in [0.1, 0.15) is 0 Å². The largest absolute Gasteiger partial charge is 0.389 e. The quantitative estimate of drug-likeness (QED) is 0.850. The molecule has 2 aromatic rings. The number of benzene rings is 1. The highest BCUT2D eigenvalue weighted by molar-refractivity contribution is 5.13. The molecule has 1 aliphatic heterocycles. The van der Waals surface area contributed by atoms with Crippen LogP contribution in [0.15, 0.2) is 49.1 Å². The number of aliphatic hydroxyl groups excluding tert-OH is 1. The number of ether oxygens (including phenoxy) is 1. The highest BCUT2D eigenvalue weighted by Gasteiger charge is 2.21. The molecule has 1 N–H and O–H groups in total. The fraction of sp³-hybridized carbons (Fsp3) is 0.500. The fourth-order valence-electron chi connectivity index (χ4n) is 3.12. The van der Waals surface area contributed by atoms with Crippen molar-refractivity contribution in [2.75, 3.05) is 26.2 Å². The lowest BCUT2D eigenvalue weighted by atomic mass is 10.0. The van der Waals surface area contributed by atoms with Crippen LogP contribution in [0.25, 0.3) is 0 Å². The van der Waals surface area contributed by atoms with Gasteiger partial charge < -0.3 is 19.3 Å². The molecule has 1 atom stereocenters. The van der Waals surface area contributed by atoms with Crippen molar-refractivity contribution in [3.63, 3.8) is 0 Å². The molecule has 0 radical (unpaired) electrons. The van der Waals surface area contributed by atoms with Gasteiger partial charge in [-0.1, -0.05) is 30.3 Å². The molecule has 1 fully saturated rings. The Morgan fingerprint density at radius 3 is 2.70 bits per heavy atom. The van der Waals surface area contributed by atoms with Crippen LogP contribution in [0.4, 0.5) is 0 Å². The van der Waals surface area contributed by atoms with Crippen molar-refractivity contribution in [3.8, 4) is 0 Å². The van der Waals surface area contributed by atoms with E-state index in [-0.39, 0.29) is 0 Å². The van der Waals surface area contributed by atoms with Gasteiger partial charge in [-0.2, -0.15) is 0 Å². The smallest absolute Gasteiger partial charge is 0.0948 e. The van der Waals surface area contributed by atoms with Gasteiger partial charge in [-0.25, -0.2) is 4.98 Å². The minimum Gasteiger partial charge on any atom is -0.389 e. The Bertz CT molecular complexity index is 551. The van der Waals surface area contributed by atoms with Gasteiger partial charge in [-0.3, -0.25) is 0 Å². The lowest BCUT2D eigenvalue weighted by molar-refractivity contribution is 0.00487. The normalized spacial score (nSPS) is 18.1. The zero-order valence-corrected chi connectivity index (χ0v) is 13.4. The molecule has 1 unspecified atom stereocenters. The van der Waals surface area contributed by atoms with Crippen molar-refractivity contribution in [2.24, 2.45) is 0 Å². The van der Waals surface area contributed by atoms with Crippen LogP contribution >= 0.6 is 0 Å². The lowest BCUT2D eigenvalue weighted by Gasteiger charge is -2.33. The molecule has 1 aromatic heterocycles. The third-order valence-electron chi connectivity index (χ3n) is 4.39. The molecule has 5 heteroatoms. The summed E-state index contributed by atoms with van der Waals surface area (Å²) in [6.45, 7) is 3.65. The maximum atomic E-state index is 10.1. The van der Waals surface area contributed by atoms with Crippen LogP contribution in [0.1, 0.15) is 24.4 Å². The predicted molar refractivity (Wildman–Crippen MR) is 89.0 cm³/mol. The number of aromatic nitrogens is 2. The monoisotopic (exact) mass is 315 g/mol. The highest BCUT2D eigenvalue weighted by Crippen LogP contribution is 2.22. The molecule has 1 aliphatic rings. The average molecular weight is 315 g/mol. The number of nitrogens with zero attached hydrogens (tertiary/aromatic N) is 3. The van der Waals surface area contributed by atoms with Crippen LogP contribution in [-0.4, -0.2) is 51.9 Å². The molecule has 0 amide bonds. The predicted octanol–water partition coefficient (Wildman–Crippen LogP) is 2.10. The van der Waals surface area contributed by atoms with Crippen molar-refractivity contribution in [2.45, 2.75) is 31.6 Å². The molecule has 23 heavy (non-hydrogen) atoms. The molecule has 0 bridgehead atoms. The topological polar surface area (TPSA) is 50.5 Å². The number of piperidine rings is 1. The Balaban J connectivity index is 1.34. The average Bonchev–Trinajstić information content (AvgIpc) is 3.11. The van der Waals surface area contributed by atoms with Gasteiger partial charge in [0.2, 0.25) is 0 Å². The fourth-order valence-corrected chi connectivity index (χ4v) is 3.12. The van der Waals surface area contributed by atoms with Gasteiger partial charge in [0.25, 0.3) is 0 Å². The molecular formula is C18H25N3O2. The van der Waals surface area contributed by atoms with Crippen molar-refractivity contribution in [1.82, 2.24) is 14.5 Å². The van der Waals surface area contributed by atoms with Crippen molar-refractivity contribution >= 4 is 0 Å². The number of β-amino-alcohol motifs (C(OH)–C–C–N with tert-alkyl or cyclic N) is 1. The molecule has 124 valence electrons. The van der Waals surface area contributed by atoms with E-state index in [0.717, 1.165) is 31.5 Å². The number of aliphatic hydroxyl groups is 1. The minimum absolute atomic E-state index is 0.385. The van der Waals surface area contributed by atoms with Gasteiger partial charge in [0.05, 0.1) is 25.6 Å². The SMILES string of the molecule is OC(COCc1ccccc1)CN1CCC(n2ccnc2)CC1. The van der Waals surface area contributed by atoms with E-state index in [2.05, 4.69) is 14.5 Å². The van der Waals surface area contributed by atoms with E-state index in [1.807, 2.05) is 49.1 Å². The maximum absolute atomic E-state index is 10.1. The summed E-state index contributed by atoms with van der Waals surface area (Å²) < 4.78 is 7.81. The summed E-state index contributed by atoms with van der Waals surface area (Å²) in [5.74, 6) is 0. The molecule has 2 heterocycles. The second kappa shape index (κ2) is 8.24. The Labute approximate surface area is 137 Å². The Kier molecular flexibility index (Phi) is 5.80. The van der Waals surface area contributed by atoms with Crippen LogP contribution < -0.4 is 0 Å². The zero-order valence-electron chi connectivity index (χ0n) is 13.4. The van der Waals surface area contributed by atoms with E-state index in [9.17, 15) is 5.11 Å². The van der Waals surface area contributed by atoms with Crippen LogP contribution in [0.2, 0.25) is 0 Å². The third kappa shape index (κ3) is 4.89. The first kappa shape index (κ1) is 16.2. The summed E-state index contributed by atoms with van der Waals surface area (Å²) in [5, 5.41) is 10.1. The number of rotatable bonds is 7. The van der Waals surface area contributed by atoms with Crippen molar-refractivity contribution in [3.05, 3.63) is 54.6 Å². The van der Waals surface area contributed by atoms with E-state index in [0.29, 0.717) is 25.8 Å². The second-order valence-corrected chi connectivity index (χ2v) is 6.20. The number of likely N-dealkylation sites (tertiary alicyclic amines) is 1. The first-order valence-corrected chi connectivity index (χ1v) is 8.31. The number of hydrogen-bond donors (Lipinski definition) is 1. The van der Waals surface area contributed by atoms with Crippen LogP contribution in [0, 0.1) is 0 Å². The van der Waals surface area contributed by atoms with Gasteiger partial charge in [-0.15, -0.1) is 0 Å². The number of hydrogen-bond acceptors (Lipinski definition) is 4. The van der Waals surface area contributed by atoms with Gasteiger partial charge in [0.15, 0.2) is 0 Å². The van der Waals surface area contributed by atoms with Crippen LogP contribution in [0.5, 0.6) is 0 Å². The van der Waals surface area contributed by atoms with Crippen molar-refractivity contribution < 1.29 is 9.84 Å². The Morgan fingerprint density at radius 1 is 1.22 bits per heavy atom. The zero-order chi connectivity index (χ0) is 15.9. The van der Waals surface area contributed by atoms with Gasteiger partial charge >= 0.3 is 0 Å². The van der Waals surface area contributed by atoms with Gasteiger partial charge in [0, 0.05) is 38.1 Å². The number of imidazole rings is 1. The van der Waals surface area contributed by atoms with E-state index in [1.54, 1.807) is 0 Å². The Hall–Kier alpha value is -1.69. The summed E-state index contributed by atoms with van der Waals surface area (Å²) in [7, 11) is 0. The molecule has 0 spiro atoms. The molecular weight excluding hydrogens is 290 g/mol. The standard InChI is InChI=1S/C18H25N3O2/c22-18(14-23-13-16-4-2-1-3-5-16)12-20-9-6-17(7-10-20)21-11-8-19-15-21/h1-5,8,11,15,17-18,22H,6-7,9-10,12-14H2. The summed E-state index contributed by atoms with van der Waals surface area (Å²) >= 11 is 0. The lowest BCUT2D eigenvalue weighted by Crippen LogP contribution is -2.40. The first-order chi connectivity index (χ1) is 11.3. The van der Waals surface area contributed by atoms with Crippen molar-refractivity contribution in [1.29, 1.82) is 0 Å². The van der Waals surface area contributed by atoms with Gasteiger partial charge in [-0.05, 0) is 18.4 Å². The van der Waals surface area contributed by atoms with Crippen LogP contribution in [-0.2, 0) is 11.3 Å². The highest BCUT2D eigenvalue weighted by atomic mass is 16.5. The molecule has 0 saturated carbocycles. The summed E-state index contributed by atoms with van der Waals surface area (Å²) in [4.78, 5) is 6.44. The molecule has 0 aliphatic carbocycles. The second-order valence-electron chi connectivity index (χ2n) is 6.20. The Morgan fingerprint density at radius 2 is 2.00 bits per heavy atom. The summed E-state index contributed by atoms with van der Waals surface area (Å²) in [5.41, 5.74) is 1.14. The maximum Gasteiger partial charge on any atom is 0.0948 e. The summed E-state index contributed by atoms with van der Waals surface area (Å²) in [6, 6.07) is 10.6. The van der Waals surface area contributed by atoms with Crippen LogP contribution in [0.3, 0.4) is 0 Å². The minimum atomic E-state index is -0.427. The molecule has 1 aromatic carbocycles. The summed E-state index contributed by atoms with van der Waals surface area (Å²) in [6.07, 6.45) is 7.55. The molecule has 3 rings (SSSR count). The third-order valence-corrected chi connectivity index (χ3v) is 4.39. The molecule has 1 saturated heterocycles. The van der Waals surface area contributed by atoms with E-state index >= 15 is 0 Å². The van der Waals surface area contributed by atoms with E-state index in [1.165, 1.54) is 0 Å².